The van der Waals surface area contributed by atoms with Gasteiger partial charge in [0.15, 0.2) is 5.78 Å². The average molecular weight is 388 g/mol. The first-order chi connectivity index (χ1) is 12.7. The van der Waals surface area contributed by atoms with Gasteiger partial charge in [-0.1, -0.05) is 39.3 Å². The van der Waals surface area contributed by atoms with Crippen molar-refractivity contribution < 1.29 is 13.2 Å². The Hall–Kier alpha value is -1.46. The molecule has 4 nitrogen and oxygen atoms in total. The predicted octanol–water partition coefficient (Wildman–Crippen LogP) is 4.27. The lowest BCUT2D eigenvalue weighted by Gasteiger charge is -2.31. The lowest BCUT2D eigenvalue weighted by atomic mass is 9.70. The third kappa shape index (κ3) is 2.73. The standard InChI is InChI=1S/C22H29NO3S/c1-21(2)19-11-12-22(21,3)20(24)18(19)15-16-7-9-17(10-8-16)27(25,26)23-13-5-4-6-14-23/h7-10,15,19H,4-6,11-14H2,1-3H3/b18-15+/t19-,22-/m1/s1. The summed E-state index contributed by atoms with van der Waals surface area (Å²) in [5.41, 5.74) is 1.55. The molecule has 3 fully saturated rings. The minimum Gasteiger partial charge on any atom is -0.294 e. The van der Waals surface area contributed by atoms with Gasteiger partial charge in [0.25, 0.3) is 0 Å². The van der Waals surface area contributed by atoms with Crippen LogP contribution in [0.5, 0.6) is 0 Å². The van der Waals surface area contributed by atoms with Crippen molar-refractivity contribution in [3.63, 3.8) is 0 Å². The number of rotatable bonds is 3. The molecule has 2 saturated carbocycles. The molecule has 2 bridgehead atoms. The zero-order valence-corrected chi connectivity index (χ0v) is 17.3. The Morgan fingerprint density at radius 1 is 1.04 bits per heavy atom. The van der Waals surface area contributed by atoms with Crippen LogP contribution >= 0.6 is 0 Å². The van der Waals surface area contributed by atoms with Crippen LogP contribution in [0.15, 0.2) is 34.7 Å². The number of carbonyl (C=O) groups excluding carboxylic acids is 1. The van der Waals surface area contributed by atoms with E-state index in [9.17, 15) is 13.2 Å². The Labute approximate surface area is 162 Å². The highest BCUT2D eigenvalue weighted by Crippen LogP contribution is 2.65. The molecule has 146 valence electrons. The Bertz CT molecular complexity index is 892. The monoisotopic (exact) mass is 387 g/mol. The summed E-state index contributed by atoms with van der Waals surface area (Å²) in [6.07, 6.45) is 6.97. The van der Waals surface area contributed by atoms with Crippen LogP contribution in [0.1, 0.15) is 58.4 Å². The van der Waals surface area contributed by atoms with Gasteiger partial charge in [0.2, 0.25) is 10.0 Å². The number of benzene rings is 1. The molecule has 0 unspecified atom stereocenters. The SMILES string of the molecule is CC1(C)[C@@H]2CC[C@]1(C)C(=O)/C2=C/c1ccc(S(=O)(=O)N2CCCCC2)cc1. The van der Waals surface area contributed by atoms with Crippen LogP contribution in [0.25, 0.3) is 6.08 Å². The number of sulfonamides is 1. The number of piperidine rings is 1. The molecule has 3 aliphatic rings. The summed E-state index contributed by atoms with van der Waals surface area (Å²) in [5.74, 6) is 0.570. The quantitative estimate of drug-likeness (QED) is 0.728. The van der Waals surface area contributed by atoms with Crippen LogP contribution in [0.4, 0.5) is 0 Å². The van der Waals surface area contributed by atoms with Gasteiger partial charge in [0.1, 0.15) is 0 Å². The van der Waals surface area contributed by atoms with Gasteiger partial charge in [-0.15, -0.1) is 0 Å². The summed E-state index contributed by atoms with van der Waals surface area (Å²) >= 11 is 0. The molecule has 5 heteroatoms. The fourth-order valence-electron chi connectivity index (χ4n) is 5.26. The molecule has 0 spiro atoms. The maximum atomic E-state index is 13.0. The van der Waals surface area contributed by atoms with E-state index >= 15 is 0 Å². The molecule has 2 atom stereocenters. The molecular weight excluding hydrogens is 358 g/mol. The fraction of sp³-hybridized carbons (Fsp3) is 0.591. The van der Waals surface area contributed by atoms with Gasteiger partial charge < -0.3 is 0 Å². The zero-order chi connectivity index (χ0) is 19.4. The second kappa shape index (κ2) is 6.28. The zero-order valence-electron chi connectivity index (χ0n) is 16.5. The lowest BCUT2D eigenvalue weighted by Crippen LogP contribution is -2.35. The highest BCUT2D eigenvalue weighted by molar-refractivity contribution is 7.89. The molecule has 2 aliphatic carbocycles. The first-order valence-corrected chi connectivity index (χ1v) is 11.5. The van der Waals surface area contributed by atoms with Crippen molar-refractivity contribution in [3.05, 3.63) is 35.4 Å². The molecule has 0 aromatic heterocycles. The first kappa shape index (κ1) is 18.9. The highest BCUT2D eigenvalue weighted by Gasteiger charge is 2.63. The van der Waals surface area contributed by atoms with Crippen molar-refractivity contribution in [1.29, 1.82) is 0 Å². The number of hydrogen-bond acceptors (Lipinski definition) is 3. The van der Waals surface area contributed by atoms with Crippen molar-refractivity contribution >= 4 is 21.9 Å². The van der Waals surface area contributed by atoms with Crippen LogP contribution in [-0.2, 0) is 14.8 Å². The number of hydrogen-bond donors (Lipinski definition) is 0. The van der Waals surface area contributed by atoms with E-state index in [1.165, 1.54) is 0 Å². The maximum absolute atomic E-state index is 13.0. The first-order valence-electron chi connectivity index (χ1n) is 10.0. The number of fused-ring (bicyclic) bond motifs is 2. The average Bonchev–Trinajstić information content (AvgIpc) is 2.97. The van der Waals surface area contributed by atoms with Crippen molar-refractivity contribution in [3.8, 4) is 0 Å². The van der Waals surface area contributed by atoms with Gasteiger partial charge in [-0.25, -0.2) is 8.42 Å². The molecule has 0 radical (unpaired) electrons. The number of Topliss-reactive ketones (excluding diaryl/α,β-unsaturated/α-hetero) is 1. The van der Waals surface area contributed by atoms with Gasteiger partial charge in [-0.05, 0) is 66.4 Å². The number of carbonyl (C=O) groups is 1. The lowest BCUT2D eigenvalue weighted by molar-refractivity contribution is -0.125. The van der Waals surface area contributed by atoms with Crippen LogP contribution in [0.3, 0.4) is 0 Å². The summed E-state index contributed by atoms with van der Waals surface area (Å²) in [6, 6.07) is 7.03. The van der Waals surface area contributed by atoms with E-state index in [1.807, 2.05) is 18.2 Å². The number of nitrogens with zero attached hydrogens (tertiary/aromatic N) is 1. The van der Waals surface area contributed by atoms with E-state index in [0.29, 0.717) is 23.9 Å². The van der Waals surface area contributed by atoms with Gasteiger partial charge in [0, 0.05) is 18.5 Å². The molecule has 0 N–H and O–H groups in total. The Morgan fingerprint density at radius 3 is 2.22 bits per heavy atom. The van der Waals surface area contributed by atoms with E-state index in [0.717, 1.165) is 43.2 Å². The summed E-state index contributed by atoms with van der Waals surface area (Å²) in [5, 5.41) is 0. The largest absolute Gasteiger partial charge is 0.294 e. The molecule has 1 aliphatic heterocycles. The van der Waals surface area contributed by atoms with Gasteiger partial charge in [-0.3, -0.25) is 4.79 Å². The third-order valence-corrected chi connectivity index (χ3v) is 9.43. The molecule has 0 amide bonds. The van der Waals surface area contributed by atoms with Gasteiger partial charge >= 0.3 is 0 Å². The minimum atomic E-state index is -3.41. The molecule has 1 aromatic rings. The van der Waals surface area contributed by atoms with Crippen LogP contribution in [0, 0.1) is 16.7 Å². The predicted molar refractivity (Wildman–Crippen MR) is 107 cm³/mol. The van der Waals surface area contributed by atoms with E-state index in [-0.39, 0.29) is 16.6 Å². The molecule has 27 heavy (non-hydrogen) atoms. The van der Waals surface area contributed by atoms with E-state index in [4.69, 9.17) is 0 Å². The maximum Gasteiger partial charge on any atom is 0.243 e. The van der Waals surface area contributed by atoms with Crippen LogP contribution in [0.2, 0.25) is 0 Å². The van der Waals surface area contributed by atoms with Crippen LogP contribution in [-0.4, -0.2) is 31.6 Å². The van der Waals surface area contributed by atoms with Crippen molar-refractivity contribution in [1.82, 2.24) is 4.31 Å². The van der Waals surface area contributed by atoms with E-state index in [2.05, 4.69) is 20.8 Å². The minimum absolute atomic E-state index is 0.00649. The summed E-state index contributed by atoms with van der Waals surface area (Å²) < 4.78 is 27.2. The van der Waals surface area contributed by atoms with E-state index < -0.39 is 10.0 Å². The van der Waals surface area contributed by atoms with Crippen molar-refractivity contribution in [2.45, 2.75) is 57.8 Å². The topological polar surface area (TPSA) is 54.5 Å². The smallest absolute Gasteiger partial charge is 0.243 e. The van der Waals surface area contributed by atoms with Crippen LogP contribution < -0.4 is 0 Å². The second-order valence-corrected chi connectivity index (χ2v) is 11.0. The Kier molecular flexibility index (Phi) is 4.39. The van der Waals surface area contributed by atoms with Crippen molar-refractivity contribution in [2.24, 2.45) is 16.7 Å². The van der Waals surface area contributed by atoms with Gasteiger partial charge in [-0.2, -0.15) is 4.31 Å². The van der Waals surface area contributed by atoms with E-state index in [1.54, 1.807) is 16.4 Å². The summed E-state index contributed by atoms with van der Waals surface area (Å²) in [6.45, 7) is 7.73. The Balaban J connectivity index is 1.61. The number of ketones is 1. The summed E-state index contributed by atoms with van der Waals surface area (Å²) in [4.78, 5) is 13.3. The van der Waals surface area contributed by atoms with Crippen molar-refractivity contribution in [2.75, 3.05) is 13.1 Å². The molecular formula is C22H29NO3S. The molecule has 1 heterocycles. The molecule has 4 rings (SSSR count). The molecule has 1 saturated heterocycles. The molecule has 1 aromatic carbocycles. The summed E-state index contributed by atoms with van der Waals surface area (Å²) in [7, 11) is -3.41. The highest BCUT2D eigenvalue weighted by atomic mass is 32.2. The van der Waals surface area contributed by atoms with Gasteiger partial charge in [0.05, 0.1) is 4.90 Å². The second-order valence-electron chi connectivity index (χ2n) is 9.11. The fourth-order valence-corrected chi connectivity index (χ4v) is 6.78. The number of allylic oxidation sites excluding steroid dienone is 1. The normalized spacial score (nSPS) is 32.3. The third-order valence-electron chi connectivity index (χ3n) is 7.52. The Morgan fingerprint density at radius 2 is 1.67 bits per heavy atom.